The summed E-state index contributed by atoms with van der Waals surface area (Å²) in [5, 5.41) is 2.45. The molecule has 0 unspecified atom stereocenters. The SMILES string of the molecule is Cc1[c-]cccc1.[Ir].c1ccc2cnccc2c1. The Morgan fingerprint density at radius 3 is 2.17 bits per heavy atom. The number of aryl methyl sites for hydroxylation is 1. The number of rotatable bonds is 0. The van der Waals surface area contributed by atoms with Crippen molar-refractivity contribution < 1.29 is 20.1 Å². The standard InChI is InChI=1S/C9H7N.C7H7.Ir/c1-2-4-9-7-10-6-5-8(9)3-1;1-7-5-3-2-4-6-7;/h1-7H;2-5H,1H3;/q;-1;. The molecule has 1 nitrogen and oxygen atoms in total. The second-order valence-corrected chi connectivity index (χ2v) is 3.77. The zero-order valence-corrected chi connectivity index (χ0v) is 12.5. The summed E-state index contributed by atoms with van der Waals surface area (Å²) in [6.07, 6.45) is 3.68. The molecule has 0 bridgehead atoms. The fourth-order valence-corrected chi connectivity index (χ4v) is 1.51. The Balaban J connectivity index is 0.000000181. The molecule has 0 aliphatic carbocycles. The van der Waals surface area contributed by atoms with E-state index in [4.69, 9.17) is 0 Å². The number of benzene rings is 2. The molecule has 1 heterocycles. The molecule has 0 fully saturated rings. The van der Waals surface area contributed by atoms with Crippen molar-refractivity contribution >= 4 is 10.8 Å². The van der Waals surface area contributed by atoms with Gasteiger partial charge in [0.1, 0.15) is 0 Å². The number of fused-ring (bicyclic) bond motifs is 1. The third-order valence-electron chi connectivity index (χ3n) is 2.41. The smallest absolute Gasteiger partial charge is 0.0346 e. The quantitative estimate of drug-likeness (QED) is 0.508. The van der Waals surface area contributed by atoms with Crippen LogP contribution in [0.1, 0.15) is 5.56 Å². The van der Waals surface area contributed by atoms with Gasteiger partial charge in [0.2, 0.25) is 0 Å². The molecule has 0 saturated carbocycles. The molecule has 0 saturated heterocycles. The van der Waals surface area contributed by atoms with Crippen molar-refractivity contribution in [3.63, 3.8) is 0 Å². The average Bonchev–Trinajstić information content (AvgIpc) is 2.41. The predicted molar refractivity (Wildman–Crippen MR) is 71.8 cm³/mol. The normalized spacial score (nSPS) is 8.94. The van der Waals surface area contributed by atoms with Crippen molar-refractivity contribution in [2.45, 2.75) is 6.92 Å². The summed E-state index contributed by atoms with van der Waals surface area (Å²) in [5.74, 6) is 0. The van der Waals surface area contributed by atoms with Crippen LogP contribution >= 0.6 is 0 Å². The summed E-state index contributed by atoms with van der Waals surface area (Å²) < 4.78 is 0. The summed E-state index contributed by atoms with van der Waals surface area (Å²) in [6.45, 7) is 2.03. The predicted octanol–water partition coefficient (Wildman–Crippen LogP) is 4.03. The number of hydrogen-bond donors (Lipinski definition) is 0. The molecule has 2 aromatic carbocycles. The van der Waals surface area contributed by atoms with Gasteiger partial charge in [-0.15, -0.1) is 0 Å². The van der Waals surface area contributed by atoms with Gasteiger partial charge in [-0.1, -0.05) is 31.2 Å². The van der Waals surface area contributed by atoms with Crippen LogP contribution in [0.4, 0.5) is 0 Å². The van der Waals surface area contributed by atoms with Crippen molar-refractivity contribution in [1.82, 2.24) is 4.98 Å². The Hall–Kier alpha value is -1.50. The molecule has 0 atom stereocenters. The summed E-state index contributed by atoms with van der Waals surface area (Å²) in [4.78, 5) is 4.01. The zero-order chi connectivity index (χ0) is 11.9. The van der Waals surface area contributed by atoms with Gasteiger partial charge in [-0.05, 0) is 16.8 Å². The van der Waals surface area contributed by atoms with E-state index >= 15 is 0 Å². The van der Waals surface area contributed by atoms with Gasteiger partial charge in [0.15, 0.2) is 0 Å². The van der Waals surface area contributed by atoms with Crippen molar-refractivity contribution in [3.05, 3.63) is 78.6 Å². The first kappa shape index (κ1) is 14.6. The van der Waals surface area contributed by atoms with Gasteiger partial charge in [0.05, 0.1) is 0 Å². The number of nitrogens with zero attached hydrogens (tertiary/aromatic N) is 1. The van der Waals surface area contributed by atoms with Crippen molar-refractivity contribution in [2.24, 2.45) is 0 Å². The van der Waals surface area contributed by atoms with Crippen LogP contribution in [-0.2, 0) is 20.1 Å². The van der Waals surface area contributed by atoms with Gasteiger partial charge < -0.3 is 0 Å². The first-order chi connectivity index (χ1) is 8.36. The van der Waals surface area contributed by atoms with Crippen molar-refractivity contribution in [1.29, 1.82) is 0 Å². The monoisotopic (exact) mass is 413 g/mol. The molecule has 3 aromatic rings. The summed E-state index contributed by atoms with van der Waals surface area (Å²) in [5.41, 5.74) is 1.20. The maximum absolute atomic E-state index is 4.01. The Morgan fingerprint density at radius 1 is 0.889 bits per heavy atom. The van der Waals surface area contributed by atoms with Gasteiger partial charge in [-0.3, -0.25) is 4.98 Å². The topological polar surface area (TPSA) is 12.9 Å². The minimum Gasteiger partial charge on any atom is -0.264 e. The van der Waals surface area contributed by atoms with E-state index in [0.29, 0.717) is 0 Å². The fraction of sp³-hybridized carbons (Fsp3) is 0.0625. The third-order valence-corrected chi connectivity index (χ3v) is 2.41. The Kier molecular flexibility index (Phi) is 6.27. The maximum atomic E-state index is 4.01. The minimum absolute atomic E-state index is 0. The van der Waals surface area contributed by atoms with Crippen LogP contribution in [0, 0.1) is 13.0 Å². The summed E-state index contributed by atoms with van der Waals surface area (Å²) >= 11 is 0. The van der Waals surface area contributed by atoms with Crippen LogP contribution in [-0.4, -0.2) is 4.98 Å². The van der Waals surface area contributed by atoms with E-state index in [2.05, 4.69) is 23.2 Å². The van der Waals surface area contributed by atoms with Crippen LogP contribution < -0.4 is 0 Å². The minimum atomic E-state index is 0. The van der Waals surface area contributed by atoms with E-state index in [1.807, 2.05) is 61.8 Å². The van der Waals surface area contributed by atoms with E-state index in [1.165, 1.54) is 16.3 Å². The van der Waals surface area contributed by atoms with E-state index in [9.17, 15) is 0 Å². The van der Waals surface area contributed by atoms with Crippen LogP contribution in [0.2, 0.25) is 0 Å². The van der Waals surface area contributed by atoms with Gasteiger partial charge in [0.25, 0.3) is 0 Å². The molecular formula is C16H14IrN-. The second kappa shape index (κ2) is 7.75. The molecule has 0 N–H and O–H groups in total. The Morgan fingerprint density at radius 2 is 1.61 bits per heavy atom. The van der Waals surface area contributed by atoms with E-state index in [0.717, 1.165) is 0 Å². The molecule has 0 aliphatic heterocycles. The third kappa shape index (κ3) is 4.40. The maximum Gasteiger partial charge on any atom is 0.0346 e. The van der Waals surface area contributed by atoms with Crippen LogP contribution in [0.3, 0.4) is 0 Å². The molecule has 0 aliphatic rings. The first-order valence-corrected chi connectivity index (χ1v) is 5.58. The average molecular weight is 413 g/mol. The molecular weight excluding hydrogens is 398 g/mol. The van der Waals surface area contributed by atoms with Crippen LogP contribution in [0.25, 0.3) is 10.8 Å². The number of pyridine rings is 1. The van der Waals surface area contributed by atoms with E-state index in [-0.39, 0.29) is 20.1 Å². The Labute approximate surface area is 121 Å². The molecule has 0 spiro atoms. The number of aromatic nitrogens is 1. The van der Waals surface area contributed by atoms with E-state index in [1.54, 1.807) is 0 Å². The van der Waals surface area contributed by atoms with Crippen molar-refractivity contribution in [2.75, 3.05) is 0 Å². The molecule has 2 heteroatoms. The van der Waals surface area contributed by atoms with Crippen molar-refractivity contribution in [3.8, 4) is 0 Å². The van der Waals surface area contributed by atoms with Gasteiger partial charge in [-0.2, -0.15) is 35.9 Å². The molecule has 93 valence electrons. The summed E-state index contributed by atoms with van der Waals surface area (Å²) in [6, 6.07) is 21.1. The number of hydrogen-bond acceptors (Lipinski definition) is 1. The fourth-order valence-electron chi connectivity index (χ4n) is 1.51. The largest absolute Gasteiger partial charge is 0.264 e. The second-order valence-electron chi connectivity index (χ2n) is 3.77. The molecule has 0 amide bonds. The van der Waals surface area contributed by atoms with Gasteiger partial charge in [0, 0.05) is 32.5 Å². The van der Waals surface area contributed by atoms with Crippen LogP contribution in [0.5, 0.6) is 0 Å². The zero-order valence-electron chi connectivity index (χ0n) is 10.1. The van der Waals surface area contributed by atoms with E-state index < -0.39 is 0 Å². The van der Waals surface area contributed by atoms with Crippen LogP contribution in [0.15, 0.2) is 67.0 Å². The first-order valence-electron chi connectivity index (χ1n) is 5.58. The Bertz CT molecular complexity index is 513. The van der Waals surface area contributed by atoms with Gasteiger partial charge >= 0.3 is 0 Å². The molecule has 1 radical (unpaired) electrons. The molecule has 18 heavy (non-hydrogen) atoms. The molecule has 3 rings (SSSR count). The molecule has 1 aromatic heterocycles. The summed E-state index contributed by atoms with van der Waals surface area (Å²) in [7, 11) is 0. The van der Waals surface area contributed by atoms with Gasteiger partial charge in [-0.25, -0.2) is 0 Å².